The number of nitrogens with one attached hydrogen (secondary N) is 2. The molecule has 3 rings (SSSR count). The normalized spacial score (nSPS) is 10.2. The van der Waals surface area contributed by atoms with Crippen LogP contribution in [0.1, 0.15) is 26.3 Å². The summed E-state index contributed by atoms with van der Waals surface area (Å²) in [7, 11) is 0. The average Bonchev–Trinajstić information content (AvgIpc) is 2.73. The second kappa shape index (κ2) is 8.99. The minimum Gasteiger partial charge on any atom is -0.348 e. The summed E-state index contributed by atoms with van der Waals surface area (Å²) in [6.07, 6.45) is 0. The summed E-state index contributed by atoms with van der Waals surface area (Å²) >= 11 is 5.78. The number of nitro benzene ring substituents is 1. The minimum absolute atomic E-state index is 0.0561. The van der Waals surface area contributed by atoms with Crippen LogP contribution in [0, 0.1) is 10.1 Å². The molecule has 3 aromatic rings. The van der Waals surface area contributed by atoms with E-state index in [9.17, 15) is 19.7 Å². The summed E-state index contributed by atoms with van der Waals surface area (Å²) in [5, 5.41) is 16.4. The molecule has 0 saturated carbocycles. The van der Waals surface area contributed by atoms with Crippen molar-refractivity contribution in [3.63, 3.8) is 0 Å². The van der Waals surface area contributed by atoms with Crippen LogP contribution in [0.15, 0.2) is 72.8 Å². The zero-order valence-electron chi connectivity index (χ0n) is 15.1. The van der Waals surface area contributed by atoms with Crippen LogP contribution in [-0.2, 0) is 6.54 Å². The van der Waals surface area contributed by atoms with Crippen molar-refractivity contribution in [1.29, 1.82) is 0 Å². The van der Waals surface area contributed by atoms with Crippen LogP contribution in [0.4, 0.5) is 11.4 Å². The lowest BCUT2D eigenvalue weighted by atomic mass is 10.1. The van der Waals surface area contributed by atoms with Gasteiger partial charge in [0.25, 0.3) is 17.5 Å². The number of anilines is 1. The fourth-order valence-electron chi connectivity index (χ4n) is 2.65. The highest BCUT2D eigenvalue weighted by atomic mass is 35.5. The van der Waals surface area contributed by atoms with Crippen LogP contribution in [-0.4, -0.2) is 16.7 Å². The molecule has 0 fully saturated rings. The first kappa shape index (κ1) is 20.0. The van der Waals surface area contributed by atoms with E-state index in [1.54, 1.807) is 24.3 Å². The quantitative estimate of drug-likeness (QED) is 0.464. The van der Waals surface area contributed by atoms with Crippen molar-refractivity contribution in [2.45, 2.75) is 6.54 Å². The van der Waals surface area contributed by atoms with Gasteiger partial charge in [-0.05, 0) is 29.8 Å². The van der Waals surface area contributed by atoms with E-state index in [2.05, 4.69) is 10.6 Å². The lowest BCUT2D eigenvalue weighted by molar-refractivity contribution is -0.384. The molecule has 2 N–H and O–H groups in total. The van der Waals surface area contributed by atoms with E-state index in [-0.39, 0.29) is 27.7 Å². The Morgan fingerprint density at radius 2 is 1.62 bits per heavy atom. The van der Waals surface area contributed by atoms with Crippen LogP contribution in [0.5, 0.6) is 0 Å². The molecule has 146 valence electrons. The third-order valence-corrected chi connectivity index (χ3v) is 4.44. The van der Waals surface area contributed by atoms with Gasteiger partial charge in [0.1, 0.15) is 5.02 Å². The molecule has 0 radical (unpaired) electrons. The number of carbonyl (C=O) groups is 2. The molecule has 0 bridgehead atoms. The summed E-state index contributed by atoms with van der Waals surface area (Å²) in [4.78, 5) is 35.5. The van der Waals surface area contributed by atoms with Gasteiger partial charge in [0.15, 0.2) is 0 Å². The van der Waals surface area contributed by atoms with Crippen LogP contribution >= 0.6 is 11.6 Å². The highest BCUT2D eigenvalue weighted by molar-refractivity contribution is 6.32. The Labute approximate surface area is 171 Å². The topological polar surface area (TPSA) is 101 Å². The molecule has 8 heteroatoms. The highest BCUT2D eigenvalue weighted by Crippen LogP contribution is 2.26. The molecular weight excluding hydrogens is 394 g/mol. The number of para-hydroxylation sites is 1. The van der Waals surface area contributed by atoms with Crippen LogP contribution in [0.3, 0.4) is 0 Å². The third kappa shape index (κ3) is 4.97. The maximum absolute atomic E-state index is 12.6. The number of hydrogen-bond acceptors (Lipinski definition) is 4. The number of rotatable bonds is 6. The van der Waals surface area contributed by atoms with Gasteiger partial charge in [0, 0.05) is 18.2 Å². The van der Waals surface area contributed by atoms with E-state index in [1.807, 2.05) is 30.3 Å². The lowest BCUT2D eigenvalue weighted by Gasteiger charge is -2.12. The van der Waals surface area contributed by atoms with Crippen LogP contribution in [0.2, 0.25) is 5.02 Å². The van der Waals surface area contributed by atoms with Crippen molar-refractivity contribution >= 4 is 34.8 Å². The van der Waals surface area contributed by atoms with Crippen molar-refractivity contribution in [1.82, 2.24) is 5.32 Å². The van der Waals surface area contributed by atoms with Crippen LogP contribution in [0.25, 0.3) is 0 Å². The maximum atomic E-state index is 12.6. The van der Waals surface area contributed by atoms with E-state index in [4.69, 9.17) is 11.6 Å². The average molecular weight is 410 g/mol. The monoisotopic (exact) mass is 409 g/mol. The summed E-state index contributed by atoms with van der Waals surface area (Å²) in [6, 6.07) is 19.7. The predicted octanol–water partition coefficient (Wildman–Crippen LogP) is 4.43. The number of amides is 2. The fraction of sp³-hybridized carbons (Fsp3) is 0.0476. The van der Waals surface area contributed by atoms with Crippen LogP contribution < -0.4 is 10.6 Å². The van der Waals surface area contributed by atoms with Gasteiger partial charge in [-0.1, -0.05) is 54.1 Å². The third-order valence-electron chi connectivity index (χ3n) is 4.12. The number of nitrogens with zero attached hydrogens (tertiary/aromatic N) is 1. The first-order valence-electron chi connectivity index (χ1n) is 8.62. The van der Waals surface area contributed by atoms with Gasteiger partial charge in [0.2, 0.25) is 0 Å². The maximum Gasteiger partial charge on any atom is 0.288 e. The Bertz CT molecular complexity index is 1070. The molecule has 0 atom stereocenters. The molecule has 29 heavy (non-hydrogen) atoms. The Balaban J connectivity index is 1.76. The van der Waals surface area contributed by atoms with Crippen molar-refractivity contribution in [3.05, 3.63) is 105 Å². The molecule has 0 aliphatic carbocycles. The Kier molecular flexibility index (Phi) is 6.21. The minimum atomic E-state index is -0.663. The summed E-state index contributed by atoms with van der Waals surface area (Å²) < 4.78 is 0. The van der Waals surface area contributed by atoms with E-state index < -0.39 is 10.8 Å². The van der Waals surface area contributed by atoms with E-state index in [0.717, 1.165) is 11.6 Å². The second-order valence-electron chi connectivity index (χ2n) is 6.09. The second-order valence-corrected chi connectivity index (χ2v) is 6.50. The zero-order valence-corrected chi connectivity index (χ0v) is 15.8. The van der Waals surface area contributed by atoms with Crippen molar-refractivity contribution in [2.24, 2.45) is 0 Å². The molecule has 0 spiro atoms. The van der Waals surface area contributed by atoms with Gasteiger partial charge in [-0.15, -0.1) is 0 Å². The first-order chi connectivity index (χ1) is 14.0. The molecule has 0 saturated heterocycles. The molecule has 0 aromatic heterocycles. The largest absolute Gasteiger partial charge is 0.348 e. The molecule has 0 heterocycles. The number of nitro groups is 1. The zero-order chi connectivity index (χ0) is 20.8. The summed E-state index contributed by atoms with van der Waals surface area (Å²) in [5.74, 6) is -0.945. The van der Waals surface area contributed by atoms with Crippen molar-refractivity contribution in [2.75, 3.05) is 5.32 Å². The standard InChI is InChI=1S/C21H16ClN3O4/c22-17-11-10-15(12-19(17)25(28)29)20(26)24-18-9-5-4-8-16(18)21(27)23-13-14-6-2-1-3-7-14/h1-12H,13H2,(H,23,27)(H,24,26). The number of carbonyl (C=O) groups excluding carboxylic acids is 2. The van der Waals surface area contributed by atoms with Gasteiger partial charge in [-0.3, -0.25) is 19.7 Å². The van der Waals surface area contributed by atoms with Gasteiger partial charge < -0.3 is 10.6 Å². The lowest BCUT2D eigenvalue weighted by Crippen LogP contribution is -2.24. The predicted molar refractivity (Wildman–Crippen MR) is 110 cm³/mol. The molecule has 0 aliphatic rings. The summed E-state index contributed by atoms with van der Waals surface area (Å²) in [6.45, 7) is 0.339. The SMILES string of the molecule is O=C(Nc1ccccc1C(=O)NCc1ccccc1)c1ccc(Cl)c([N+](=O)[O-])c1. The Hall–Kier alpha value is -3.71. The van der Waals surface area contributed by atoms with Gasteiger partial charge in [-0.25, -0.2) is 0 Å². The van der Waals surface area contributed by atoms with E-state index in [0.29, 0.717) is 12.2 Å². The molecule has 0 unspecified atom stereocenters. The molecule has 0 aliphatic heterocycles. The van der Waals surface area contributed by atoms with Crippen molar-refractivity contribution < 1.29 is 14.5 Å². The number of hydrogen-bond donors (Lipinski definition) is 2. The van der Waals surface area contributed by atoms with Gasteiger partial charge >= 0.3 is 0 Å². The Morgan fingerprint density at radius 1 is 0.931 bits per heavy atom. The van der Waals surface area contributed by atoms with Gasteiger partial charge in [0.05, 0.1) is 16.2 Å². The highest BCUT2D eigenvalue weighted by Gasteiger charge is 2.18. The van der Waals surface area contributed by atoms with Gasteiger partial charge in [-0.2, -0.15) is 0 Å². The molecule has 2 amide bonds. The van der Waals surface area contributed by atoms with Crippen molar-refractivity contribution in [3.8, 4) is 0 Å². The molecule has 3 aromatic carbocycles. The van der Waals surface area contributed by atoms with E-state index in [1.165, 1.54) is 12.1 Å². The smallest absolute Gasteiger partial charge is 0.288 e. The number of benzene rings is 3. The summed E-state index contributed by atoms with van der Waals surface area (Å²) in [5.41, 5.74) is 1.20. The number of halogens is 1. The molecule has 7 nitrogen and oxygen atoms in total. The fourth-order valence-corrected chi connectivity index (χ4v) is 2.84. The van der Waals surface area contributed by atoms with E-state index >= 15 is 0 Å². The Morgan fingerprint density at radius 3 is 2.34 bits per heavy atom. The molecular formula is C21H16ClN3O4. The first-order valence-corrected chi connectivity index (χ1v) is 9.00.